The molecular weight excluding hydrogens is 302 g/mol. The van der Waals surface area contributed by atoms with Gasteiger partial charge in [0.1, 0.15) is 5.15 Å². The predicted octanol–water partition coefficient (Wildman–Crippen LogP) is 2.58. The quantitative estimate of drug-likeness (QED) is 0.746. The van der Waals surface area contributed by atoms with Crippen LogP contribution in [0.5, 0.6) is 0 Å². The normalized spacial score (nSPS) is 34.2. The molecule has 1 heterocycles. The summed E-state index contributed by atoms with van der Waals surface area (Å²) < 4.78 is 0. The fourth-order valence-electron chi connectivity index (χ4n) is 4.22. The fourth-order valence-corrected chi connectivity index (χ4v) is 4.38. The molecule has 2 aliphatic rings. The average Bonchev–Trinajstić information content (AvgIpc) is 2.39. The van der Waals surface area contributed by atoms with Gasteiger partial charge in [-0.05, 0) is 50.5 Å². The van der Waals surface area contributed by atoms with Gasteiger partial charge >= 0.3 is 0 Å². The number of nitrogens with zero attached hydrogens (tertiary/aromatic N) is 1. The van der Waals surface area contributed by atoms with E-state index in [0.29, 0.717) is 28.2 Å². The van der Waals surface area contributed by atoms with Gasteiger partial charge in [-0.1, -0.05) is 18.0 Å². The standard InChI is InChI=1S/C16H22ClN3O2/c1-16(22)6-9-3-2-4-10(7-16)14(9)20-12-5-13(17)19-8-11(12)15(18)21/h5,8-10,14,22H,2-4,6-7H2,1H3,(H2,18,21)(H,19,20)/t9-,10+,14?,16?. The number of fused-ring (bicyclic) bond motifs is 2. The lowest BCUT2D eigenvalue weighted by Gasteiger charge is -2.49. The summed E-state index contributed by atoms with van der Waals surface area (Å²) in [6.45, 7) is 1.92. The summed E-state index contributed by atoms with van der Waals surface area (Å²) in [7, 11) is 0. The first-order valence-corrected chi connectivity index (χ1v) is 8.18. The van der Waals surface area contributed by atoms with Crippen LogP contribution >= 0.6 is 11.6 Å². The molecule has 5 nitrogen and oxygen atoms in total. The van der Waals surface area contributed by atoms with Crippen LogP contribution in [-0.4, -0.2) is 27.6 Å². The number of rotatable bonds is 3. The number of halogens is 1. The number of pyridine rings is 1. The molecule has 22 heavy (non-hydrogen) atoms. The Hall–Kier alpha value is -1.33. The first-order valence-electron chi connectivity index (χ1n) is 7.80. The number of primary amides is 1. The zero-order valence-electron chi connectivity index (χ0n) is 12.7. The number of hydrogen-bond acceptors (Lipinski definition) is 4. The van der Waals surface area contributed by atoms with Gasteiger partial charge in [-0.15, -0.1) is 0 Å². The van der Waals surface area contributed by atoms with Crippen molar-refractivity contribution < 1.29 is 9.90 Å². The Kier molecular flexibility index (Phi) is 4.03. The van der Waals surface area contributed by atoms with E-state index in [1.807, 2.05) is 6.92 Å². The van der Waals surface area contributed by atoms with E-state index in [9.17, 15) is 9.90 Å². The van der Waals surface area contributed by atoms with E-state index >= 15 is 0 Å². The SMILES string of the molecule is CC1(O)C[C@H]2CCC[C@@H](C1)C2Nc1cc(Cl)ncc1C(N)=O. The molecule has 2 unspecified atom stereocenters. The molecule has 1 aromatic rings. The molecule has 0 aromatic carbocycles. The van der Waals surface area contributed by atoms with Crippen LogP contribution in [0.15, 0.2) is 12.3 Å². The maximum absolute atomic E-state index is 11.6. The highest BCUT2D eigenvalue weighted by Crippen LogP contribution is 2.45. The van der Waals surface area contributed by atoms with Crippen molar-refractivity contribution in [1.82, 2.24) is 4.98 Å². The number of nitrogens with one attached hydrogen (secondary N) is 1. The summed E-state index contributed by atoms with van der Waals surface area (Å²) >= 11 is 5.96. The van der Waals surface area contributed by atoms with Crippen molar-refractivity contribution in [2.75, 3.05) is 5.32 Å². The van der Waals surface area contributed by atoms with Crippen molar-refractivity contribution in [2.45, 2.75) is 50.7 Å². The third-order valence-corrected chi connectivity index (χ3v) is 5.23. The molecular formula is C16H22ClN3O2. The summed E-state index contributed by atoms with van der Waals surface area (Å²) in [6, 6.07) is 1.90. The minimum atomic E-state index is -0.587. The molecule has 120 valence electrons. The molecule has 1 aromatic heterocycles. The van der Waals surface area contributed by atoms with Gasteiger partial charge in [-0.25, -0.2) is 4.98 Å². The minimum absolute atomic E-state index is 0.241. The lowest BCUT2D eigenvalue weighted by Crippen LogP contribution is -2.51. The van der Waals surface area contributed by atoms with E-state index in [2.05, 4.69) is 10.3 Å². The van der Waals surface area contributed by atoms with Crippen molar-refractivity contribution in [3.63, 3.8) is 0 Å². The van der Waals surface area contributed by atoms with E-state index in [0.717, 1.165) is 25.7 Å². The van der Waals surface area contributed by atoms with Crippen LogP contribution in [0.1, 0.15) is 49.4 Å². The molecule has 1 amide bonds. The van der Waals surface area contributed by atoms with Crippen molar-refractivity contribution in [2.24, 2.45) is 17.6 Å². The Balaban J connectivity index is 1.87. The maximum atomic E-state index is 11.6. The number of nitrogens with two attached hydrogens (primary N) is 1. The summed E-state index contributed by atoms with van der Waals surface area (Å²) in [4.78, 5) is 15.5. The third-order valence-electron chi connectivity index (χ3n) is 5.03. The van der Waals surface area contributed by atoms with E-state index in [1.165, 1.54) is 12.6 Å². The average molecular weight is 324 g/mol. The molecule has 6 heteroatoms. The Labute approximate surface area is 135 Å². The first kappa shape index (κ1) is 15.6. The smallest absolute Gasteiger partial charge is 0.252 e. The lowest BCUT2D eigenvalue weighted by molar-refractivity contribution is -0.0432. The number of aromatic nitrogens is 1. The Bertz CT molecular complexity index is 575. The monoisotopic (exact) mass is 323 g/mol. The van der Waals surface area contributed by atoms with Gasteiger partial charge in [-0.2, -0.15) is 0 Å². The van der Waals surface area contributed by atoms with Gasteiger partial charge in [0.2, 0.25) is 0 Å². The molecule has 0 radical (unpaired) electrons. The van der Waals surface area contributed by atoms with Gasteiger partial charge in [-0.3, -0.25) is 4.79 Å². The number of anilines is 1. The molecule has 2 bridgehead atoms. The van der Waals surface area contributed by atoms with Crippen molar-refractivity contribution in [3.8, 4) is 0 Å². The summed E-state index contributed by atoms with van der Waals surface area (Å²) in [5, 5.41) is 14.2. The molecule has 2 aliphatic carbocycles. The van der Waals surface area contributed by atoms with Crippen LogP contribution in [0.3, 0.4) is 0 Å². The number of hydrogen-bond donors (Lipinski definition) is 3. The molecule has 3 rings (SSSR count). The highest BCUT2D eigenvalue weighted by Gasteiger charge is 2.44. The van der Waals surface area contributed by atoms with Crippen LogP contribution in [0, 0.1) is 11.8 Å². The number of carbonyl (C=O) groups excluding carboxylic acids is 1. The van der Waals surface area contributed by atoms with Crippen molar-refractivity contribution in [3.05, 3.63) is 23.0 Å². The Morgan fingerprint density at radius 2 is 2.09 bits per heavy atom. The summed E-state index contributed by atoms with van der Waals surface area (Å²) in [5.41, 5.74) is 5.85. The van der Waals surface area contributed by atoms with Crippen LogP contribution in [0.2, 0.25) is 5.15 Å². The zero-order chi connectivity index (χ0) is 15.9. The third kappa shape index (κ3) is 3.06. The van der Waals surface area contributed by atoms with E-state index in [4.69, 9.17) is 17.3 Å². The van der Waals surface area contributed by atoms with Gasteiger partial charge in [0, 0.05) is 12.2 Å². The molecule has 4 atom stereocenters. The number of amides is 1. The van der Waals surface area contributed by atoms with E-state index < -0.39 is 11.5 Å². The van der Waals surface area contributed by atoms with Gasteiger partial charge in [0.15, 0.2) is 0 Å². The van der Waals surface area contributed by atoms with E-state index in [-0.39, 0.29) is 6.04 Å². The van der Waals surface area contributed by atoms with Crippen LogP contribution < -0.4 is 11.1 Å². The summed E-state index contributed by atoms with van der Waals surface area (Å²) in [5.74, 6) is 0.282. The van der Waals surface area contributed by atoms with Gasteiger partial charge in [0.05, 0.1) is 16.9 Å². The topological polar surface area (TPSA) is 88.2 Å². The second-order valence-corrected chi connectivity index (χ2v) is 7.33. The van der Waals surface area contributed by atoms with Crippen LogP contribution in [0.25, 0.3) is 0 Å². The largest absolute Gasteiger partial charge is 0.390 e. The lowest BCUT2D eigenvalue weighted by atomic mass is 9.63. The van der Waals surface area contributed by atoms with Crippen molar-refractivity contribution >= 4 is 23.2 Å². The molecule has 4 N–H and O–H groups in total. The fraction of sp³-hybridized carbons (Fsp3) is 0.625. The van der Waals surface area contributed by atoms with Crippen LogP contribution in [0.4, 0.5) is 5.69 Å². The molecule has 0 aliphatic heterocycles. The Morgan fingerprint density at radius 1 is 1.45 bits per heavy atom. The number of carbonyl (C=O) groups is 1. The summed E-state index contributed by atoms with van der Waals surface area (Å²) in [6.07, 6.45) is 6.37. The first-order chi connectivity index (χ1) is 10.4. The van der Waals surface area contributed by atoms with E-state index in [1.54, 1.807) is 6.07 Å². The predicted molar refractivity (Wildman–Crippen MR) is 85.9 cm³/mol. The highest BCUT2D eigenvalue weighted by molar-refractivity contribution is 6.29. The second-order valence-electron chi connectivity index (χ2n) is 6.94. The highest BCUT2D eigenvalue weighted by atomic mass is 35.5. The number of aliphatic hydroxyl groups is 1. The molecule has 2 fully saturated rings. The maximum Gasteiger partial charge on any atom is 0.252 e. The van der Waals surface area contributed by atoms with Crippen LogP contribution in [-0.2, 0) is 0 Å². The molecule has 2 saturated carbocycles. The van der Waals surface area contributed by atoms with Gasteiger partial charge in [0.25, 0.3) is 5.91 Å². The molecule has 0 spiro atoms. The Morgan fingerprint density at radius 3 is 2.68 bits per heavy atom. The van der Waals surface area contributed by atoms with Gasteiger partial charge < -0.3 is 16.2 Å². The molecule has 0 saturated heterocycles. The zero-order valence-corrected chi connectivity index (χ0v) is 13.4. The van der Waals surface area contributed by atoms with Crippen molar-refractivity contribution in [1.29, 1.82) is 0 Å². The minimum Gasteiger partial charge on any atom is -0.390 e. The second kappa shape index (κ2) is 5.70.